The molecule has 2 aromatic rings. The van der Waals surface area contributed by atoms with Crippen molar-refractivity contribution in [2.75, 3.05) is 37.4 Å². The second-order valence-corrected chi connectivity index (χ2v) is 7.35. The van der Waals surface area contributed by atoms with Gasteiger partial charge in [0.1, 0.15) is 5.82 Å². The number of para-hydroxylation sites is 1. The molecule has 0 bridgehead atoms. The number of aromatic nitrogens is 3. The van der Waals surface area contributed by atoms with Crippen LogP contribution >= 0.6 is 11.8 Å². The number of carbonyl (C=O) groups excluding carboxylic acids is 1. The Morgan fingerprint density at radius 2 is 1.97 bits per heavy atom. The zero-order chi connectivity index (χ0) is 20.9. The van der Waals surface area contributed by atoms with E-state index in [-0.39, 0.29) is 11.4 Å². The fourth-order valence-electron chi connectivity index (χ4n) is 2.98. The summed E-state index contributed by atoms with van der Waals surface area (Å²) in [7, 11) is 0. The average molecular weight is 429 g/mol. The molecule has 1 amide bonds. The molecule has 1 aromatic carbocycles. The van der Waals surface area contributed by atoms with Crippen molar-refractivity contribution < 1.29 is 22.7 Å². The molecule has 1 N–H and O–H groups in total. The normalized spacial score (nSPS) is 15.4. The van der Waals surface area contributed by atoms with Gasteiger partial charge in [-0.1, -0.05) is 23.9 Å². The Bertz CT molecular complexity index is 837. The Labute approximate surface area is 170 Å². The second kappa shape index (κ2) is 9.59. The number of alkyl halides is 3. The number of nitrogens with zero attached hydrogens (tertiary/aromatic N) is 4. The Morgan fingerprint density at radius 3 is 2.66 bits per heavy atom. The molecule has 0 unspecified atom stereocenters. The van der Waals surface area contributed by atoms with E-state index in [4.69, 9.17) is 4.74 Å². The number of anilines is 1. The predicted octanol–water partition coefficient (Wildman–Crippen LogP) is 2.88. The zero-order valence-corrected chi connectivity index (χ0v) is 16.7. The maximum Gasteiger partial charge on any atom is 0.418 e. The molecule has 1 aliphatic rings. The third-order valence-electron chi connectivity index (χ3n) is 4.42. The van der Waals surface area contributed by atoms with Gasteiger partial charge in [0.15, 0.2) is 5.16 Å². The van der Waals surface area contributed by atoms with Gasteiger partial charge < -0.3 is 14.6 Å². The summed E-state index contributed by atoms with van der Waals surface area (Å²) in [5.74, 6) is 0.189. The first-order valence-corrected chi connectivity index (χ1v) is 10.2. The van der Waals surface area contributed by atoms with Crippen LogP contribution < -0.4 is 5.32 Å². The largest absolute Gasteiger partial charge is 0.418 e. The van der Waals surface area contributed by atoms with E-state index in [1.165, 1.54) is 18.2 Å². The molecule has 29 heavy (non-hydrogen) atoms. The van der Waals surface area contributed by atoms with E-state index in [0.717, 1.165) is 36.7 Å². The minimum atomic E-state index is -4.53. The molecule has 0 spiro atoms. The third-order valence-corrected chi connectivity index (χ3v) is 5.38. The van der Waals surface area contributed by atoms with E-state index < -0.39 is 17.6 Å². The molecule has 3 rings (SSSR count). The molecule has 0 saturated carbocycles. The summed E-state index contributed by atoms with van der Waals surface area (Å²) < 4.78 is 46.4. The van der Waals surface area contributed by atoms with Gasteiger partial charge in [-0.05, 0) is 19.1 Å². The van der Waals surface area contributed by atoms with Gasteiger partial charge in [0.25, 0.3) is 0 Å². The van der Waals surface area contributed by atoms with Crippen LogP contribution in [0.4, 0.5) is 18.9 Å². The monoisotopic (exact) mass is 429 g/mol. The minimum absolute atomic E-state index is 0.0676. The molecule has 7 nitrogen and oxygen atoms in total. The van der Waals surface area contributed by atoms with Gasteiger partial charge in [-0.2, -0.15) is 13.2 Å². The molecule has 0 radical (unpaired) electrons. The fraction of sp³-hybridized carbons (Fsp3) is 0.500. The Balaban J connectivity index is 1.61. The van der Waals surface area contributed by atoms with Crippen molar-refractivity contribution >= 4 is 23.4 Å². The van der Waals surface area contributed by atoms with Crippen LogP contribution in [0.5, 0.6) is 0 Å². The third kappa shape index (κ3) is 5.71. The maximum atomic E-state index is 13.1. The molecule has 1 saturated heterocycles. The summed E-state index contributed by atoms with van der Waals surface area (Å²) in [6.45, 7) is 6.22. The summed E-state index contributed by atoms with van der Waals surface area (Å²) in [4.78, 5) is 14.4. The van der Waals surface area contributed by atoms with Gasteiger partial charge >= 0.3 is 6.18 Å². The van der Waals surface area contributed by atoms with Crippen LogP contribution in [0.15, 0.2) is 29.4 Å². The molecular weight excluding hydrogens is 407 g/mol. The molecule has 1 fully saturated rings. The lowest BCUT2D eigenvalue weighted by molar-refractivity contribution is -0.137. The lowest BCUT2D eigenvalue weighted by Gasteiger charge is -2.26. The number of rotatable bonds is 7. The molecule has 1 aliphatic heterocycles. The van der Waals surface area contributed by atoms with E-state index in [1.807, 2.05) is 11.5 Å². The average Bonchev–Trinajstić information content (AvgIpc) is 3.08. The summed E-state index contributed by atoms with van der Waals surface area (Å²) in [5, 5.41) is 11.3. The highest BCUT2D eigenvalue weighted by molar-refractivity contribution is 7.99. The first-order valence-electron chi connectivity index (χ1n) is 9.19. The Morgan fingerprint density at radius 1 is 1.24 bits per heavy atom. The van der Waals surface area contributed by atoms with Gasteiger partial charge in [-0.15, -0.1) is 10.2 Å². The van der Waals surface area contributed by atoms with Crippen LogP contribution in [0, 0.1) is 0 Å². The van der Waals surface area contributed by atoms with Crippen molar-refractivity contribution in [2.24, 2.45) is 0 Å². The number of ether oxygens (including phenoxy) is 1. The highest BCUT2D eigenvalue weighted by Gasteiger charge is 2.33. The van der Waals surface area contributed by atoms with Gasteiger partial charge in [-0.3, -0.25) is 9.69 Å². The zero-order valence-electron chi connectivity index (χ0n) is 15.9. The number of hydrogen-bond donors (Lipinski definition) is 1. The van der Waals surface area contributed by atoms with Crippen molar-refractivity contribution in [1.29, 1.82) is 0 Å². The molecule has 158 valence electrons. The quantitative estimate of drug-likeness (QED) is 0.683. The summed E-state index contributed by atoms with van der Waals surface area (Å²) in [6.07, 6.45) is -4.53. The van der Waals surface area contributed by atoms with Crippen molar-refractivity contribution in [3.63, 3.8) is 0 Å². The summed E-state index contributed by atoms with van der Waals surface area (Å²) >= 11 is 1.15. The van der Waals surface area contributed by atoms with Crippen molar-refractivity contribution in [2.45, 2.75) is 31.3 Å². The molecule has 1 aromatic heterocycles. The number of carbonyl (C=O) groups is 1. The lowest BCUT2D eigenvalue weighted by atomic mass is 10.1. The van der Waals surface area contributed by atoms with E-state index in [0.29, 0.717) is 31.5 Å². The van der Waals surface area contributed by atoms with Crippen LogP contribution in [0.2, 0.25) is 0 Å². The number of nitrogens with one attached hydrogen (secondary N) is 1. The fourth-order valence-corrected chi connectivity index (χ4v) is 3.80. The van der Waals surface area contributed by atoms with Crippen LogP contribution in [-0.2, 0) is 28.8 Å². The number of hydrogen-bond acceptors (Lipinski definition) is 6. The lowest BCUT2D eigenvalue weighted by Crippen LogP contribution is -2.36. The van der Waals surface area contributed by atoms with E-state index in [2.05, 4.69) is 20.4 Å². The number of morpholine rings is 1. The van der Waals surface area contributed by atoms with Crippen LogP contribution in [-0.4, -0.2) is 57.6 Å². The van der Waals surface area contributed by atoms with Crippen LogP contribution in [0.25, 0.3) is 0 Å². The van der Waals surface area contributed by atoms with Crippen LogP contribution in [0.1, 0.15) is 18.3 Å². The van der Waals surface area contributed by atoms with Crippen molar-refractivity contribution in [3.8, 4) is 0 Å². The summed E-state index contributed by atoms with van der Waals surface area (Å²) in [6, 6.07) is 4.91. The Hall–Kier alpha value is -2.11. The van der Waals surface area contributed by atoms with E-state index >= 15 is 0 Å². The van der Waals surface area contributed by atoms with Crippen molar-refractivity contribution in [1.82, 2.24) is 19.7 Å². The van der Waals surface area contributed by atoms with Gasteiger partial charge in [0.2, 0.25) is 5.91 Å². The van der Waals surface area contributed by atoms with E-state index in [9.17, 15) is 18.0 Å². The van der Waals surface area contributed by atoms with Gasteiger partial charge in [0.05, 0.1) is 36.8 Å². The van der Waals surface area contributed by atoms with Crippen molar-refractivity contribution in [3.05, 3.63) is 35.7 Å². The number of benzene rings is 1. The highest BCUT2D eigenvalue weighted by Crippen LogP contribution is 2.34. The summed E-state index contributed by atoms with van der Waals surface area (Å²) in [5.41, 5.74) is -1.13. The Kier molecular flexibility index (Phi) is 7.14. The van der Waals surface area contributed by atoms with Gasteiger partial charge in [0, 0.05) is 19.6 Å². The molecular formula is C18H22F3N5O2S. The van der Waals surface area contributed by atoms with Gasteiger partial charge in [-0.25, -0.2) is 0 Å². The predicted molar refractivity (Wildman–Crippen MR) is 103 cm³/mol. The smallest absolute Gasteiger partial charge is 0.379 e. The maximum absolute atomic E-state index is 13.1. The standard InChI is InChI=1S/C18H22F3N5O2S/c1-2-26-15(11-25-7-9-28-10-8-25)23-24-17(26)29-12-16(27)22-14-6-4-3-5-13(14)18(19,20)21/h3-6H,2,7-12H2,1H3,(H,22,27). The van der Waals surface area contributed by atoms with Crippen LogP contribution in [0.3, 0.4) is 0 Å². The number of halogens is 3. The molecule has 11 heteroatoms. The first-order chi connectivity index (χ1) is 13.9. The molecule has 0 aliphatic carbocycles. The minimum Gasteiger partial charge on any atom is -0.379 e. The topological polar surface area (TPSA) is 72.3 Å². The first kappa shape index (κ1) is 21.6. The molecule has 0 atom stereocenters. The van der Waals surface area contributed by atoms with E-state index in [1.54, 1.807) is 0 Å². The second-order valence-electron chi connectivity index (χ2n) is 6.41. The number of thioether (sulfide) groups is 1. The highest BCUT2D eigenvalue weighted by atomic mass is 32.2. The molecule has 2 heterocycles. The number of amides is 1. The SMILES string of the molecule is CCn1c(CN2CCOCC2)nnc1SCC(=O)Nc1ccccc1C(F)(F)F.